The number of aliphatic hydroxyl groups excluding tert-OH is 1. The molecule has 1 heterocycles. The molecule has 0 saturated carbocycles. The number of hydrogen-bond acceptors (Lipinski definition) is 2. The number of aliphatic hydroxyl groups is 1. The van der Waals surface area contributed by atoms with Crippen LogP contribution in [0.25, 0.3) is 0 Å². The van der Waals surface area contributed by atoms with E-state index in [0.29, 0.717) is 0 Å². The molecule has 0 saturated heterocycles. The fraction of sp³-hybridized carbons (Fsp3) is 0.667. The summed E-state index contributed by atoms with van der Waals surface area (Å²) < 4.78 is 0. The highest BCUT2D eigenvalue weighted by Gasteiger charge is 2.07. The molecule has 0 aromatic carbocycles. The minimum absolute atomic E-state index is 0.383. The summed E-state index contributed by atoms with van der Waals surface area (Å²) >= 11 is 0. The first-order valence-corrected chi connectivity index (χ1v) is 6.93. The van der Waals surface area contributed by atoms with Crippen LogP contribution in [0.15, 0.2) is 24.4 Å². The molecule has 0 aliphatic heterocycles. The van der Waals surface area contributed by atoms with Gasteiger partial charge in [-0.2, -0.15) is 0 Å². The van der Waals surface area contributed by atoms with E-state index in [2.05, 4.69) is 11.9 Å². The van der Waals surface area contributed by atoms with Crippen LogP contribution in [0.1, 0.15) is 70.1 Å². The van der Waals surface area contributed by atoms with E-state index in [1.807, 2.05) is 18.2 Å². The Balaban J connectivity index is 2.03. The molecule has 2 heteroatoms. The van der Waals surface area contributed by atoms with Crippen molar-refractivity contribution in [3.8, 4) is 0 Å². The molecule has 17 heavy (non-hydrogen) atoms. The van der Waals surface area contributed by atoms with Gasteiger partial charge in [-0.3, -0.25) is 4.98 Å². The molecule has 1 aromatic rings. The number of rotatable bonds is 9. The largest absolute Gasteiger partial charge is 0.387 e. The molecule has 0 fully saturated rings. The Morgan fingerprint density at radius 3 is 2.41 bits per heavy atom. The summed E-state index contributed by atoms with van der Waals surface area (Å²) in [6.45, 7) is 2.24. The molecule has 1 atom stereocenters. The Hall–Kier alpha value is -0.890. The second-order valence-corrected chi connectivity index (χ2v) is 4.68. The molecule has 0 amide bonds. The van der Waals surface area contributed by atoms with Gasteiger partial charge in [0.15, 0.2) is 0 Å². The van der Waals surface area contributed by atoms with E-state index in [4.69, 9.17) is 0 Å². The van der Waals surface area contributed by atoms with Crippen LogP contribution in [0.4, 0.5) is 0 Å². The van der Waals surface area contributed by atoms with Gasteiger partial charge in [-0.1, -0.05) is 57.9 Å². The molecular weight excluding hydrogens is 210 g/mol. The van der Waals surface area contributed by atoms with Gasteiger partial charge in [0.25, 0.3) is 0 Å². The molecule has 0 bridgehead atoms. The predicted molar refractivity (Wildman–Crippen MR) is 71.8 cm³/mol. The number of pyridine rings is 1. The van der Waals surface area contributed by atoms with E-state index in [9.17, 15) is 5.11 Å². The minimum Gasteiger partial charge on any atom is -0.387 e. The number of unbranched alkanes of at least 4 members (excludes halogenated alkanes) is 6. The third-order valence-corrected chi connectivity index (χ3v) is 3.11. The average molecular weight is 235 g/mol. The molecular formula is C15H25NO. The smallest absolute Gasteiger partial charge is 0.0959 e. The van der Waals surface area contributed by atoms with Crippen LogP contribution in [0.5, 0.6) is 0 Å². The van der Waals surface area contributed by atoms with Gasteiger partial charge >= 0.3 is 0 Å². The number of aromatic nitrogens is 1. The van der Waals surface area contributed by atoms with Crippen molar-refractivity contribution >= 4 is 0 Å². The molecule has 0 aliphatic carbocycles. The maximum absolute atomic E-state index is 9.90. The Morgan fingerprint density at radius 1 is 1.06 bits per heavy atom. The molecule has 1 unspecified atom stereocenters. The highest BCUT2D eigenvalue weighted by Crippen LogP contribution is 2.18. The van der Waals surface area contributed by atoms with E-state index >= 15 is 0 Å². The zero-order valence-corrected chi connectivity index (χ0v) is 10.9. The van der Waals surface area contributed by atoms with E-state index in [0.717, 1.165) is 18.5 Å². The highest BCUT2D eigenvalue weighted by atomic mass is 16.3. The molecule has 1 N–H and O–H groups in total. The van der Waals surface area contributed by atoms with Gasteiger partial charge in [-0.25, -0.2) is 0 Å². The maximum atomic E-state index is 9.90. The van der Waals surface area contributed by atoms with Crippen molar-refractivity contribution in [1.29, 1.82) is 0 Å². The molecule has 96 valence electrons. The van der Waals surface area contributed by atoms with Crippen molar-refractivity contribution in [2.45, 2.75) is 64.4 Å². The van der Waals surface area contributed by atoms with Crippen molar-refractivity contribution in [3.05, 3.63) is 30.1 Å². The third-order valence-electron chi connectivity index (χ3n) is 3.11. The first-order chi connectivity index (χ1) is 8.34. The van der Waals surface area contributed by atoms with E-state index in [-0.39, 0.29) is 6.10 Å². The fourth-order valence-electron chi connectivity index (χ4n) is 2.02. The summed E-state index contributed by atoms with van der Waals surface area (Å²) in [5.41, 5.74) is 0.804. The van der Waals surface area contributed by atoms with Gasteiger partial charge in [-0.05, 0) is 18.6 Å². The highest BCUT2D eigenvalue weighted by molar-refractivity contribution is 5.06. The van der Waals surface area contributed by atoms with Gasteiger partial charge in [0.2, 0.25) is 0 Å². The van der Waals surface area contributed by atoms with Gasteiger partial charge in [0, 0.05) is 6.20 Å². The molecule has 1 aromatic heterocycles. The van der Waals surface area contributed by atoms with E-state index in [1.54, 1.807) is 6.20 Å². The van der Waals surface area contributed by atoms with Crippen LogP contribution >= 0.6 is 0 Å². The van der Waals surface area contributed by atoms with Crippen molar-refractivity contribution < 1.29 is 5.11 Å². The van der Waals surface area contributed by atoms with Crippen molar-refractivity contribution in [3.63, 3.8) is 0 Å². The normalized spacial score (nSPS) is 12.6. The number of nitrogens with zero attached hydrogens (tertiary/aromatic N) is 1. The Morgan fingerprint density at radius 2 is 1.76 bits per heavy atom. The quantitative estimate of drug-likeness (QED) is 0.649. The standard InChI is InChI=1S/C15H25NO/c1-2-3-4-5-6-7-8-12-15(17)14-11-9-10-13-16-14/h9-11,13,15,17H,2-8,12H2,1H3. The summed E-state index contributed by atoms with van der Waals surface area (Å²) in [5, 5.41) is 9.90. The lowest BCUT2D eigenvalue weighted by Gasteiger charge is -2.09. The lowest BCUT2D eigenvalue weighted by Crippen LogP contribution is -1.99. The third kappa shape index (κ3) is 6.42. The topological polar surface area (TPSA) is 33.1 Å². The average Bonchev–Trinajstić information content (AvgIpc) is 2.38. The fourth-order valence-corrected chi connectivity index (χ4v) is 2.02. The minimum atomic E-state index is -0.383. The van der Waals surface area contributed by atoms with Crippen molar-refractivity contribution in [2.75, 3.05) is 0 Å². The van der Waals surface area contributed by atoms with Crippen molar-refractivity contribution in [1.82, 2.24) is 4.98 Å². The summed E-state index contributed by atoms with van der Waals surface area (Å²) in [5.74, 6) is 0. The molecule has 1 rings (SSSR count). The van der Waals surface area contributed by atoms with Crippen LogP contribution < -0.4 is 0 Å². The summed E-state index contributed by atoms with van der Waals surface area (Å²) in [6, 6.07) is 5.70. The summed E-state index contributed by atoms with van der Waals surface area (Å²) in [7, 11) is 0. The van der Waals surface area contributed by atoms with Crippen LogP contribution in [-0.4, -0.2) is 10.1 Å². The molecule has 0 aliphatic rings. The Kier molecular flexibility index (Phi) is 7.65. The molecule has 0 spiro atoms. The summed E-state index contributed by atoms with van der Waals surface area (Å²) in [4.78, 5) is 4.17. The van der Waals surface area contributed by atoms with Gasteiger partial charge in [-0.15, -0.1) is 0 Å². The molecule has 2 nitrogen and oxygen atoms in total. The van der Waals surface area contributed by atoms with Crippen LogP contribution in [0, 0.1) is 0 Å². The Bertz CT molecular complexity index is 274. The zero-order chi connectivity index (χ0) is 12.3. The SMILES string of the molecule is CCCCCCCCCC(O)c1ccccn1. The van der Waals surface area contributed by atoms with Gasteiger partial charge < -0.3 is 5.11 Å². The van der Waals surface area contributed by atoms with Crippen LogP contribution in [0.3, 0.4) is 0 Å². The van der Waals surface area contributed by atoms with Crippen LogP contribution in [-0.2, 0) is 0 Å². The maximum Gasteiger partial charge on any atom is 0.0959 e. The van der Waals surface area contributed by atoms with Gasteiger partial charge in [0.05, 0.1) is 11.8 Å². The number of hydrogen-bond donors (Lipinski definition) is 1. The Labute approximate surface area is 105 Å². The lowest BCUT2D eigenvalue weighted by molar-refractivity contribution is 0.158. The second-order valence-electron chi connectivity index (χ2n) is 4.68. The van der Waals surface area contributed by atoms with Crippen LogP contribution in [0.2, 0.25) is 0 Å². The first kappa shape index (κ1) is 14.2. The first-order valence-electron chi connectivity index (χ1n) is 6.93. The van der Waals surface area contributed by atoms with E-state index < -0.39 is 0 Å². The van der Waals surface area contributed by atoms with Gasteiger partial charge in [0.1, 0.15) is 0 Å². The van der Waals surface area contributed by atoms with E-state index in [1.165, 1.54) is 38.5 Å². The zero-order valence-electron chi connectivity index (χ0n) is 10.9. The lowest BCUT2D eigenvalue weighted by atomic mass is 10.0. The second kappa shape index (κ2) is 9.17. The monoisotopic (exact) mass is 235 g/mol. The predicted octanol–water partition coefficient (Wildman–Crippen LogP) is 4.26. The summed E-state index contributed by atoms with van der Waals surface area (Å²) in [6.07, 6.45) is 11.2. The van der Waals surface area contributed by atoms with Crippen molar-refractivity contribution in [2.24, 2.45) is 0 Å². The molecule has 0 radical (unpaired) electrons.